The number of aromatic nitrogens is 1. The fraction of sp³-hybridized carbons (Fsp3) is 0.143. The largest absolute Gasteiger partial charge is 0.487 e. The number of nitrogens with zero attached hydrogens (tertiary/aromatic N) is 1. The van der Waals surface area contributed by atoms with Crippen molar-refractivity contribution in [2.24, 2.45) is 0 Å². The Morgan fingerprint density at radius 3 is 2.64 bits per heavy atom. The van der Waals surface area contributed by atoms with Gasteiger partial charge in [0, 0.05) is 11.8 Å². The van der Waals surface area contributed by atoms with E-state index in [0.717, 1.165) is 18.2 Å². The van der Waals surface area contributed by atoms with Crippen molar-refractivity contribution in [3.05, 3.63) is 58.4 Å². The average Bonchev–Trinajstić information content (AvgIpc) is 2.45. The van der Waals surface area contributed by atoms with Crippen LogP contribution in [0, 0.1) is 0 Å². The first-order valence-electron chi connectivity index (χ1n) is 5.96. The lowest BCUT2D eigenvalue weighted by molar-refractivity contribution is -0.137. The molecule has 2 rings (SSSR count). The van der Waals surface area contributed by atoms with Crippen molar-refractivity contribution in [2.75, 3.05) is 0 Å². The molecule has 1 N–H and O–H groups in total. The van der Waals surface area contributed by atoms with Crippen LogP contribution in [0.2, 0.25) is 5.02 Å². The van der Waals surface area contributed by atoms with Crippen LogP contribution in [-0.2, 0) is 12.8 Å². The van der Waals surface area contributed by atoms with E-state index in [1.54, 1.807) is 0 Å². The number of carboxylic acid groups (broad SMARTS) is 1. The van der Waals surface area contributed by atoms with Gasteiger partial charge in [-0.25, -0.2) is 9.78 Å². The maximum Gasteiger partial charge on any atom is 0.416 e. The highest BCUT2D eigenvalue weighted by molar-refractivity contribution is 6.32. The third-order valence-corrected chi connectivity index (χ3v) is 3.03. The molecule has 0 spiro atoms. The molecule has 0 aliphatic heterocycles. The fourth-order valence-electron chi connectivity index (χ4n) is 1.70. The molecule has 0 bridgehead atoms. The van der Waals surface area contributed by atoms with Crippen LogP contribution >= 0.6 is 11.6 Å². The molecule has 2 aromatic rings. The molecule has 0 aliphatic carbocycles. The second-order valence-corrected chi connectivity index (χ2v) is 4.66. The van der Waals surface area contributed by atoms with Gasteiger partial charge in [-0.2, -0.15) is 13.2 Å². The van der Waals surface area contributed by atoms with Crippen LogP contribution in [0.3, 0.4) is 0 Å². The van der Waals surface area contributed by atoms with Gasteiger partial charge in [0.1, 0.15) is 12.4 Å². The maximum atomic E-state index is 12.5. The summed E-state index contributed by atoms with van der Waals surface area (Å²) in [6, 6.07) is 5.69. The molecule has 0 atom stereocenters. The van der Waals surface area contributed by atoms with Crippen molar-refractivity contribution in [1.29, 1.82) is 0 Å². The van der Waals surface area contributed by atoms with Crippen LogP contribution in [0.25, 0.3) is 0 Å². The minimum Gasteiger partial charge on any atom is -0.487 e. The molecule has 1 heterocycles. The molecule has 1 aromatic heterocycles. The first-order chi connectivity index (χ1) is 10.3. The van der Waals surface area contributed by atoms with Crippen molar-refractivity contribution in [3.8, 4) is 5.75 Å². The summed E-state index contributed by atoms with van der Waals surface area (Å²) in [5.41, 5.74) is -0.797. The van der Waals surface area contributed by atoms with Gasteiger partial charge in [0.05, 0.1) is 10.6 Å². The Kier molecular flexibility index (Phi) is 4.56. The molecule has 0 unspecified atom stereocenters. The highest BCUT2D eigenvalue weighted by Crippen LogP contribution is 2.34. The van der Waals surface area contributed by atoms with E-state index in [0.29, 0.717) is 0 Å². The number of hydrogen-bond acceptors (Lipinski definition) is 3. The van der Waals surface area contributed by atoms with Crippen LogP contribution in [0.5, 0.6) is 5.75 Å². The minimum atomic E-state index is -4.50. The monoisotopic (exact) mass is 331 g/mol. The van der Waals surface area contributed by atoms with Gasteiger partial charge in [-0.1, -0.05) is 17.7 Å². The summed E-state index contributed by atoms with van der Waals surface area (Å²) in [5, 5.41) is 8.76. The molecule has 0 fully saturated rings. The third kappa shape index (κ3) is 3.67. The number of carboxylic acids is 1. The van der Waals surface area contributed by atoms with E-state index in [1.165, 1.54) is 18.3 Å². The zero-order chi connectivity index (χ0) is 16.3. The van der Waals surface area contributed by atoms with Crippen molar-refractivity contribution >= 4 is 17.6 Å². The zero-order valence-corrected chi connectivity index (χ0v) is 11.6. The lowest BCUT2D eigenvalue weighted by Gasteiger charge is -2.12. The van der Waals surface area contributed by atoms with Crippen LogP contribution in [-0.4, -0.2) is 16.1 Å². The van der Waals surface area contributed by atoms with Crippen molar-refractivity contribution in [1.82, 2.24) is 4.98 Å². The highest BCUT2D eigenvalue weighted by atomic mass is 35.5. The number of carbonyl (C=O) groups is 1. The van der Waals surface area contributed by atoms with Crippen LogP contribution < -0.4 is 4.74 Å². The van der Waals surface area contributed by atoms with E-state index in [2.05, 4.69) is 4.98 Å². The van der Waals surface area contributed by atoms with E-state index in [9.17, 15) is 18.0 Å². The number of ether oxygens (including phenoxy) is 1. The van der Waals surface area contributed by atoms with Gasteiger partial charge in [-0.3, -0.25) is 0 Å². The summed E-state index contributed by atoms with van der Waals surface area (Å²) in [6.07, 6.45) is -3.18. The summed E-state index contributed by atoms with van der Waals surface area (Å²) >= 11 is 5.75. The average molecular weight is 332 g/mol. The van der Waals surface area contributed by atoms with Gasteiger partial charge in [0.25, 0.3) is 0 Å². The standard InChI is InChI=1S/C14H9ClF3NO3/c15-10-6-9(14(16,17)18)3-4-11(10)22-7-8-2-1-5-19-12(8)13(20)21/h1-6H,7H2,(H,20,21). The number of benzene rings is 1. The van der Waals surface area contributed by atoms with Crippen molar-refractivity contribution in [2.45, 2.75) is 12.8 Å². The summed E-state index contributed by atoms with van der Waals surface area (Å²) in [4.78, 5) is 14.7. The van der Waals surface area contributed by atoms with E-state index < -0.39 is 17.7 Å². The normalized spacial score (nSPS) is 11.3. The van der Waals surface area contributed by atoms with Crippen molar-refractivity contribution in [3.63, 3.8) is 0 Å². The van der Waals surface area contributed by atoms with Crippen LogP contribution in [0.15, 0.2) is 36.5 Å². The quantitative estimate of drug-likeness (QED) is 0.919. The van der Waals surface area contributed by atoms with E-state index in [1.807, 2.05) is 0 Å². The second kappa shape index (κ2) is 6.23. The maximum absolute atomic E-state index is 12.5. The summed E-state index contributed by atoms with van der Waals surface area (Å²) in [5.74, 6) is -1.20. The predicted octanol–water partition coefficient (Wildman–Crippen LogP) is 4.03. The number of hydrogen-bond donors (Lipinski definition) is 1. The molecule has 0 radical (unpaired) electrons. The van der Waals surface area contributed by atoms with Gasteiger partial charge in [-0.15, -0.1) is 0 Å². The van der Waals surface area contributed by atoms with Gasteiger partial charge in [0.15, 0.2) is 5.69 Å². The molecule has 22 heavy (non-hydrogen) atoms. The molecule has 0 aliphatic rings. The molecule has 0 saturated heterocycles. The summed E-state index contributed by atoms with van der Waals surface area (Å²) in [6.45, 7) is -0.180. The Bertz CT molecular complexity index is 704. The summed E-state index contributed by atoms with van der Waals surface area (Å²) < 4.78 is 42.8. The van der Waals surface area contributed by atoms with Crippen molar-refractivity contribution < 1.29 is 27.8 Å². The van der Waals surface area contributed by atoms with E-state index >= 15 is 0 Å². The minimum absolute atomic E-state index is 0.0230. The Labute approximate surface area is 128 Å². The molecule has 4 nitrogen and oxygen atoms in total. The summed E-state index contributed by atoms with van der Waals surface area (Å²) in [7, 11) is 0. The Morgan fingerprint density at radius 1 is 1.32 bits per heavy atom. The van der Waals surface area contributed by atoms with Gasteiger partial charge in [0.2, 0.25) is 0 Å². The number of rotatable bonds is 4. The van der Waals surface area contributed by atoms with E-state index in [-0.39, 0.29) is 28.6 Å². The second-order valence-electron chi connectivity index (χ2n) is 4.25. The molecule has 1 aromatic carbocycles. The van der Waals surface area contributed by atoms with Crippen LogP contribution in [0.4, 0.5) is 13.2 Å². The lowest BCUT2D eigenvalue weighted by Crippen LogP contribution is -2.08. The van der Waals surface area contributed by atoms with E-state index in [4.69, 9.17) is 21.4 Å². The third-order valence-electron chi connectivity index (χ3n) is 2.74. The molecule has 0 saturated carbocycles. The first kappa shape index (κ1) is 16.1. The zero-order valence-electron chi connectivity index (χ0n) is 10.9. The topological polar surface area (TPSA) is 59.4 Å². The highest BCUT2D eigenvalue weighted by Gasteiger charge is 2.31. The SMILES string of the molecule is O=C(O)c1ncccc1COc1ccc(C(F)(F)F)cc1Cl. The molecule has 0 amide bonds. The number of aromatic carboxylic acids is 1. The molecular formula is C14H9ClF3NO3. The van der Waals surface area contributed by atoms with Gasteiger partial charge >= 0.3 is 12.1 Å². The number of pyridine rings is 1. The smallest absolute Gasteiger partial charge is 0.416 e. The van der Waals surface area contributed by atoms with Gasteiger partial charge < -0.3 is 9.84 Å². The molecule has 116 valence electrons. The predicted molar refractivity (Wildman–Crippen MR) is 72.0 cm³/mol. The lowest BCUT2D eigenvalue weighted by atomic mass is 10.2. The number of halogens is 4. The Hall–Kier alpha value is -2.28. The first-order valence-corrected chi connectivity index (χ1v) is 6.33. The molecular weight excluding hydrogens is 323 g/mol. The molecule has 8 heteroatoms. The van der Waals surface area contributed by atoms with Gasteiger partial charge in [-0.05, 0) is 24.3 Å². The Balaban J connectivity index is 2.18. The number of alkyl halides is 3. The Morgan fingerprint density at radius 2 is 2.05 bits per heavy atom. The fourth-order valence-corrected chi connectivity index (χ4v) is 1.93. The van der Waals surface area contributed by atoms with Crippen LogP contribution in [0.1, 0.15) is 21.6 Å².